The second kappa shape index (κ2) is 5.08. The van der Waals surface area contributed by atoms with Crippen molar-refractivity contribution in [1.29, 1.82) is 0 Å². The number of carboxylic acid groups (broad SMARTS) is 1. The molecule has 2 aromatic rings. The van der Waals surface area contributed by atoms with Crippen LogP contribution in [0.15, 0.2) is 36.4 Å². The molecule has 2 aromatic carbocycles. The van der Waals surface area contributed by atoms with Gasteiger partial charge in [-0.05, 0) is 54.0 Å². The molecule has 0 radical (unpaired) electrons. The van der Waals surface area contributed by atoms with E-state index in [-0.39, 0.29) is 5.56 Å². The van der Waals surface area contributed by atoms with Gasteiger partial charge < -0.3 is 5.11 Å². The van der Waals surface area contributed by atoms with E-state index in [9.17, 15) is 14.3 Å². The normalized spacial score (nSPS) is 13.8. The Morgan fingerprint density at radius 1 is 1.05 bits per heavy atom. The number of halogens is 1. The first-order valence-corrected chi connectivity index (χ1v) is 6.81. The quantitative estimate of drug-likeness (QED) is 0.893. The summed E-state index contributed by atoms with van der Waals surface area (Å²) in [4.78, 5) is 11.3. The molecule has 1 N–H and O–H groups in total. The Morgan fingerprint density at radius 3 is 2.55 bits per heavy atom. The molecular formula is C17H15FO2. The third-order valence-corrected chi connectivity index (χ3v) is 3.89. The van der Waals surface area contributed by atoms with Gasteiger partial charge >= 0.3 is 5.97 Å². The molecule has 0 spiro atoms. The van der Waals surface area contributed by atoms with Crippen molar-refractivity contribution in [2.75, 3.05) is 0 Å². The zero-order valence-corrected chi connectivity index (χ0v) is 11.0. The Hall–Kier alpha value is -2.16. The third kappa shape index (κ3) is 2.20. The summed E-state index contributed by atoms with van der Waals surface area (Å²) in [6.45, 7) is 0. The van der Waals surface area contributed by atoms with E-state index in [1.807, 2.05) is 18.2 Å². The van der Waals surface area contributed by atoms with Crippen LogP contribution in [0.4, 0.5) is 4.39 Å². The van der Waals surface area contributed by atoms with Crippen LogP contribution in [-0.4, -0.2) is 11.1 Å². The van der Waals surface area contributed by atoms with Crippen LogP contribution < -0.4 is 0 Å². The van der Waals surface area contributed by atoms with Gasteiger partial charge in [0, 0.05) is 0 Å². The summed E-state index contributed by atoms with van der Waals surface area (Å²) in [6, 6.07) is 10.3. The van der Waals surface area contributed by atoms with Gasteiger partial charge in [0.15, 0.2) is 0 Å². The Labute approximate surface area is 116 Å². The van der Waals surface area contributed by atoms with Crippen molar-refractivity contribution in [3.63, 3.8) is 0 Å². The Bertz CT molecular complexity index is 677. The fourth-order valence-electron chi connectivity index (χ4n) is 2.88. The van der Waals surface area contributed by atoms with E-state index in [1.165, 1.54) is 23.6 Å². The van der Waals surface area contributed by atoms with Crippen molar-refractivity contribution in [2.45, 2.75) is 25.7 Å². The highest BCUT2D eigenvalue weighted by atomic mass is 19.1. The van der Waals surface area contributed by atoms with E-state index in [1.54, 1.807) is 12.1 Å². The summed E-state index contributed by atoms with van der Waals surface area (Å²) < 4.78 is 13.7. The number of carbonyl (C=O) groups is 1. The second-order valence-corrected chi connectivity index (χ2v) is 5.16. The summed E-state index contributed by atoms with van der Waals surface area (Å²) >= 11 is 0. The van der Waals surface area contributed by atoms with E-state index >= 15 is 0 Å². The average Bonchev–Trinajstić information content (AvgIpc) is 2.46. The first-order chi connectivity index (χ1) is 9.66. The number of carboxylic acids is 1. The summed E-state index contributed by atoms with van der Waals surface area (Å²) in [5.74, 6) is -1.91. The molecule has 1 aliphatic carbocycles. The van der Waals surface area contributed by atoms with E-state index in [0.29, 0.717) is 5.56 Å². The van der Waals surface area contributed by atoms with Gasteiger partial charge in [0.05, 0.1) is 0 Å². The molecule has 0 saturated carbocycles. The molecule has 0 fully saturated rings. The topological polar surface area (TPSA) is 37.3 Å². The van der Waals surface area contributed by atoms with E-state index in [2.05, 4.69) is 0 Å². The molecule has 2 nitrogen and oxygen atoms in total. The van der Waals surface area contributed by atoms with Crippen LogP contribution in [-0.2, 0) is 12.8 Å². The number of hydrogen-bond acceptors (Lipinski definition) is 1. The Balaban J connectivity index is 2.14. The second-order valence-electron chi connectivity index (χ2n) is 5.16. The minimum absolute atomic E-state index is 0.247. The lowest BCUT2D eigenvalue weighted by Crippen LogP contribution is -2.05. The van der Waals surface area contributed by atoms with Gasteiger partial charge in [-0.2, -0.15) is 0 Å². The number of benzene rings is 2. The molecule has 1 aliphatic rings. The fourth-order valence-corrected chi connectivity index (χ4v) is 2.88. The molecule has 0 aromatic heterocycles. The lowest BCUT2D eigenvalue weighted by Gasteiger charge is -2.17. The zero-order chi connectivity index (χ0) is 14.1. The molecule has 20 heavy (non-hydrogen) atoms. The van der Waals surface area contributed by atoms with Crippen molar-refractivity contribution in [1.82, 2.24) is 0 Å². The van der Waals surface area contributed by atoms with Gasteiger partial charge in [0.25, 0.3) is 0 Å². The maximum Gasteiger partial charge on any atom is 0.339 e. The maximum absolute atomic E-state index is 13.7. The van der Waals surface area contributed by atoms with Crippen molar-refractivity contribution < 1.29 is 14.3 Å². The predicted octanol–water partition coefficient (Wildman–Crippen LogP) is 4.07. The molecule has 102 valence electrons. The van der Waals surface area contributed by atoms with E-state index in [4.69, 9.17) is 0 Å². The highest BCUT2D eigenvalue weighted by Crippen LogP contribution is 2.30. The minimum atomic E-state index is -1.23. The van der Waals surface area contributed by atoms with Crippen LogP contribution in [0, 0.1) is 5.82 Å². The molecule has 0 amide bonds. The summed E-state index contributed by atoms with van der Waals surface area (Å²) in [5.41, 5.74) is 3.57. The molecule has 3 rings (SSSR count). The smallest absolute Gasteiger partial charge is 0.339 e. The number of fused-ring (bicyclic) bond motifs is 1. The monoisotopic (exact) mass is 270 g/mol. The highest BCUT2D eigenvalue weighted by Gasteiger charge is 2.18. The van der Waals surface area contributed by atoms with Gasteiger partial charge in [-0.1, -0.05) is 30.3 Å². The molecule has 0 unspecified atom stereocenters. The third-order valence-electron chi connectivity index (χ3n) is 3.89. The van der Waals surface area contributed by atoms with Crippen molar-refractivity contribution >= 4 is 5.97 Å². The fraction of sp³-hybridized carbons (Fsp3) is 0.235. The predicted molar refractivity (Wildman–Crippen MR) is 75.4 cm³/mol. The molecule has 0 heterocycles. The average molecular weight is 270 g/mol. The molecule has 0 atom stereocenters. The SMILES string of the molecule is O=C(O)c1c(F)cccc1-c1ccc2c(c1)CCCC2. The van der Waals surface area contributed by atoms with E-state index < -0.39 is 11.8 Å². The van der Waals surface area contributed by atoms with E-state index in [0.717, 1.165) is 24.8 Å². The van der Waals surface area contributed by atoms with Crippen LogP contribution in [0.5, 0.6) is 0 Å². The first kappa shape index (κ1) is 12.9. The molecular weight excluding hydrogens is 255 g/mol. The molecule has 3 heteroatoms. The van der Waals surface area contributed by atoms with Crippen LogP contribution >= 0.6 is 0 Å². The van der Waals surface area contributed by atoms with Gasteiger partial charge in [0.2, 0.25) is 0 Å². The summed E-state index contributed by atoms with van der Waals surface area (Å²) in [7, 11) is 0. The van der Waals surface area contributed by atoms with Gasteiger partial charge in [-0.25, -0.2) is 9.18 Å². The number of aromatic carboxylic acids is 1. The summed E-state index contributed by atoms with van der Waals surface area (Å²) in [6.07, 6.45) is 4.45. The zero-order valence-electron chi connectivity index (χ0n) is 11.0. The number of aryl methyl sites for hydroxylation is 2. The molecule has 0 saturated heterocycles. The molecule has 0 aliphatic heterocycles. The Morgan fingerprint density at radius 2 is 1.80 bits per heavy atom. The lowest BCUT2D eigenvalue weighted by atomic mass is 9.88. The maximum atomic E-state index is 13.7. The van der Waals surface area contributed by atoms with Crippen molar-refractivity contribution in [2.24, 2.45) is 0 Å². The van der Waals surface area contributed by atoms with Crippen molar-refractivity contribution in [3.8, 4) is 11.1 Å². The number of rotatable bonds is 2. The Kier molecular flexibility index (Phi) is 3.26. The van der Waals surface area contributed by atoms with Gasteiger partial charge in [-0.3, -0.25) is 0 Å². The standard InChI is InChI=1S/C17H15FO2/c18-15-7-3-6-14(16(15)17(19)20)13-9-8-11-4-1-2-5-12(11)10-13/h3,6-10H,1-2,4-5H2,(H,19,20). The van der Waals surface area contributed by atoms with Crippen LogP contribution in [0.2, 0.25) is 0 Å². The lowest BCUT2D eigenvalue weighted by molar-refractivity contribution is 0.0693. The van der Waals surface area contributed by atoms with Crippen LogP contribution in [0.3, 0.4) is 0 Å². The van der Waals surface area contributed by atoms with Crippen molar-refractivity contribution in [3.05, 3.63) is 58.9 Å². The first-order valence-electron chi connectivity index (χ1n) is 6.81. The number of hydrogen-bond donors (Lipinski definition) is 1. The highest BCUT2D eigenvalue weighted by molar-refractivity contribution is 5.96. The van der Waals surface area contributed by atoms with Crippen LogP contribution in [0.1, 0.15) is 34.3 Å². The van der Waals surface area contributed by atoms with Crippen LogP contribution in [0.25, 0.3) is 11.1 Å². The van der Waals surface area contributed by atoms with Gasteiger partial charge in [-0.15, -0.1) is 0 Å². The summed E-state index contributed by atoms with van der Waals surface area (Å²) in [5, 5.41) is 9.21. The molecule has 0 bridgehead atoms. The minimum Gasteiger partial charge on any atom is -0.478 e. The largest absolute Gasteiger partial charge is 0.478 e. The van der Waals surface area contributed by atoms with Gasteiger partial charge in [0.1, 0.15) is 11.4 Å².